The molecule has 0 radical (unpaired) electrons. The molecule has 47 heavy (non-hydrogen) atoms. The Hall–Kier alpha value is -3.89. The van der Waals surface area contributed by atoms with Crippen molar-refractivity contribution in [1.29, 1.82) is 0 Å². The van der Waals surface area contributed by atoms with Gasteiger partial charge in [-0.05, 0) is 59.6 Å². The van der Waals surface area contributed by atoms with Gasteiger partial charge in [-0.15, -0.1) is 0 Å². The first-order valence-electron chi connectivity index (χ1n) is 15.0. The molecule has 18 heteroatoms. The highest BCUT2D eigenvalue weighted by molar-refractivity contribution is 7.52. The Bertz CT molecular complexity index is 1640. The van der Waals surface area contributed by atoms with Gasteiger partial charge in [0, 0.05) is 6.42 Å². The number of carbonyl (C=O) groups excluding carboxylic acids is 2. The Morgan fingerprint density at radius 1 is 1.15 bits per heavy atom. The first kappa shape index (κ1) is 36.0. The molecule has 1 aromatic carbocycles. The highest BCUT2D eigenvalue weighted by Crippen LogP contribution is 2.49. The number of hydrogen-bond donors (Lipinski definition) is 4. The molecule has 1 aliphatic heterocycles. The van der Waals surface area contributed by atoms with E-state index < -0.39 is 62.5 Å². The van der Waals surface area contributed by atoms with Crippen molar-refractivity contribution in [2.24, 2.45) is 0 Å². The summed E-state index contributed by atoms with van der Waals surface area (Å²) >= 11 is 0. The molecule has 6 atom stereocenters. The lowest BCUT2D eigenvalue weighted by molar-refractivity contribution is -0.149. The number of para-hydroxylation sites is 1. The molecule has 0 bridgehead atoms. The summed E-state index contributed by atoms with van der Waals surface area (Å²) in [5.74, 6) is -1.29. The minimum absolute atomic E-state index is 0.0119. The molecule has 0 saturated carbocycles. The molecular formula is C29H41FN7O9P. The van der Waals surface area contributed by atoms with Crippen molar-refractivity contribution in [2.75, 3.05) is 18.1 Å². The second-order valence-electron chi connectivity index (χ2n) is 11.8. The maximum Gasteiger partial charge on any atom is 0.459 e. The molecule has 3 aromatic rings. The van der Waals surface area contributed by atoms with Gasteiger partial charge in [-0.25, -0.2) is 13.9 Å². The second-order valence-corrected chi connectivity index (χ2v) is 13.5. The van der Waals surface area contributed by atoms with E-state index in [0.717, 1.165) is 6.92 Å². The Kier molecular flexibility index (Phi) is 11.1. The number of nitrogens with one attached hydrogen (secondary N) is 1. The van der Waals surface area contributed by atoms with E-state index in [1.54, 1.807) is 45.9 Å². The van der Waals surface area contributed by atoms with Gasteiger partial charge in [-0.2, -0.15) is 15.1 Å². The minimum Gasteiger partial charge on any atom is -0.463 e. The summed E-state index contributed by atoms with van der Waals surface area (Å²) in [6.45, 7) is 8.63. The monoisotopic (exact) mass is 681 g/mol. The fourth-order valence-electron chi connectivity index (χ4n) is 4.85. The predicted octanol–water partition coefficient (Wildman–Crippen LogP) is 2.99. The number of aryl methyl sites for hydroxylation is 1. The molecule has 4 rings (SSSR count). The highest BCUT2D eigenvalue weighted by atomic mass is 31.2. The van der Waals surface area contributed by atoms with Crippen molar-refractivity contribution in [3.63, 3.8) is 0 Å². The number of nitrogen functional groups attached to an aromatic ring is 2. The molecule has 0 amide bonds. The van der Waals surface area contributed by atoms with Crippen LogP contribution in [0.3, 0.4) is 0 Å². The van der Waals surface area contributed by atoms with Crippen molar-refractivity contribution in [2.45, 2.75) is 96.7 Å². The van der Waals surface area contributed by atoms with Gasteiger partial charge in [0.05, 0.1) is 25.1 Å². The number of imidazole rings is 1. The zero-order valence-corrected chi connectivity index (χ0v) is 27.8. The van der Waals surface area contributed by atoms with Crippen LogP contribution in [0, 0.1) is 0 Å². The van der Waals surface area contributed by atoms with Gasteiger partial charge in [0.2, 0.25) is 5.95 Å². The molecular weight excluding hydrogens is 640 g/mol. The number of halogens is 1. The number of rotatable bonds is 14. The Morgan fingerprint density at radius 2 is 1.83 bits per heavy atom. The van der Waals surface area contributed by atoms with Crippen molar-refractivity contribution in [1.82, 2.24) is 24.6 Å². The van der Waals surface area contributed by atoms with Crippen LogP contribution in [0.25, 0.3) is 11.2 Å². The fourth-order valence-corrected chi connectivity index (χ4v) is 6.39. The van der Waals surface area contributed by atoms with E-state index in [4.69, 9.17) is 34.7 Å². The lowest BCUT2D eigenvalue weighted by Gasteiger charge is -2.26. The molecule has 2 aromatic heterocycles. The molecule has 6 N–H and O–H groups in total. The first-order valence-corrected chi connectivity index (χ1v) is 16.5. The molecule has 0 aliphatic carbocycles. The number of fused-ring (bicyclic) bond motifs is 1. The van der Waals surface area contributed by atoms with E-state index in [2.05, 4.69) is 20.0 Å². The molecule has 3 heterocycles. The summed E-state index contributed by atoms with van der Waals surface area (Å²) in [6.07, 6.45) is -4.01. The number of benzene rings is 1. The van der Waals surface area contributed by atoms with Crippen molar-refractivity contribution in [3.8, 4) is 5.75 Å². The molecule has 1 aliphatic rings. The number of aromatic nitrogens is 4. The summed E-state index contributed by atoms with van der Waals surface area (Å²) in [7, 11) is -4.50. The summed E-state index contributed by atoms with van der Waals surface area (Å²) in [5, 5.41) is 13.5. The van der Waals surface area contributed by atoms with Gasteiger partial charge in [-0.1, -0.05) is 18.2 Å². The minimum atomic E-state index is -4.50. The third-order valence-corrected chi connectivity index (χ3v) is 8.69. The average molecular weight is 682 g/mol. The van der Waals surface area contributed by atoms with Crippen LogP contribution in [0.5, 0.6) is 5.75 Å². The van der Waals surface area contributed by atoms with Crippen LogP contribution in [0.2, 0.25) is 0 Å². The first-order chi connectivity index (χ1) is 22.0. The number of nitrogens with two attached hydrogens (primary N) is 2. The van der Waals surface area contributed by atoms with Crippen molar-refractivity contribution in [3.05, 3.63) is 36.2 Å². The predicted molar refractivity (Wildman–Crippen MR) is 168 cm³/mol. The molecule has 1 unspecified atom stereocenters. The number of aliphatic hydroxyl groups is 1. The molecule has 0 spiro atoms. The van der Waals surface area contributed by atoms with Gasteiger partial charge in [0.1, 0.15) is 29.5 Å². The number of alkyl halides is 1. The Balaban J connectivity index is 1.58. The molecule has 1 fully saturated rings. The third kappa shape index (κ3) is 8.53. The van der Waals surface area contributed by atoms with E-state index in [0.29, 0.717) is 5.56 Å². The average Bonchev–Trinajstić information content (AvgIpc) is 3.48. The van der Waals surface area contributed by atoms with Gasteiger partial charge in [-0.3, -0.25) is 18.7 Å². The smallest absolute Gasteiger partial charge is 0.459 e. The normalized spacial score (nSPS) is 23.1. The van der Waals surface area contributed by atoms with Gasteiger partial charge in [0.15, 0.2) is 23.4 Å². The van der Waals surface area contributed by atoms with E-state index >= 15 is 4.39 Å². The van der Waals surface area contributed by atoms with Gasteiger partial charge >= 0.3 is 19.7 Å². The number of aliphatic hydroxyl groups excluding tert-OH is 1. The number of ether oxygens (including phenoxy) is 3. The molecule has 16 nitrogen and oxygen atoms in total. The quantitative estimate of drug-likeness (QED) is 0.142. The topological polar surface area (TPSA) is 225 Å². The van der Waals surface area contributed by atoms with E-state index in [1.165, 1.54) is 23.9 Å². The van der Waals surface area contributed by atoms with Crippen LogP contribution >= 0.6 is 7.75 Å². The van der Waals surface area contributed by atoms with E-state index in [1.807, 2.05) is 0 Å². The number of carbonyl (C=O) groups is 2. The van der Waals surface area contributed by atoms with Crippen LogP contribution in [-0.2, 0) is 39.3 Å². The van der Waals surface area contributed by atoms with Crippen molar-refractivity contribution < 1.29 is 46.9 Å². The third-order valence-electron chi connectivity index (χ3n) is 7.06. The second kappa shape index (κ2) is 14.5. The number of esters is 2. The lowest BCUT2D eigenvalue weighted by Crippen LogP contribution is -2.41. The number of hydrogen-bond acceptors (Lipinski definition) is 14. The van der Waals surface area contributed by atoms with Crippen LogP contribution in [-0.4, -0.2) is 79.3 Å². The van der Waals surface area contributed by atoms with Crippen molar-refractivity contribution >= 4 is 42.6 Å². The zero-order chi connectivity index (χ0) is 34.7. The summed E-state index contributed by atoms with van der Waals surface area (Å²) in [6, 6.07) is 5.32. The van der Waals surface area contributed by atoms with Gasteiger partial charge in [0.25, 0.3) is 0 Å². The highest BCUT2D eigenvalue weighted by Gasteiger charge is 2.56. The van der Waals surface area contributed by atoms with Crippen LogP contribution in [0.15, 0.2) is 30.6 Å². The number of nitrogens with zero attached hydrogens (tertiary/aromatic N) is 4. The standard InChI is InChI=1S/C29H41FN7O9P/c1-15(2)43-21(38)12-11-18-9-7-8-10-19(18)46-47(41,36-17(5)26(40)44-16(3)4)42-13-20-23(39)29(6,30)27(45-20)37-14-33-22-24(31)34-28(32)35-25(22)37/h7-10,14-17,20,23,27,39H,11-13H2,1-6H3,(H,36,41)(H4,31,32,34,35)/t17-,20+,23-,27+,29-,47?/m0/s1. The number of anilines is 2. The molecule has 258 valence electrons. The van der Waals surface area contributed by atoms with E-state index in [9.17, 15) is 19.3 Å². The summed E-state index contributed by atoms with van der Waals surface area (Å²) < 4.78 is 59.5. The van der Waals surface area contributed by atoms with Crippen LogP contribution in [0.4, 0.5) is 16.2 Å². The van der Waals surface area contributed by atoms with Gasteiger partial charge < -0.3 is 35.3 Å². The Morgan fingerprint density at radius 3 is 2.51 bits per heavy atom. The molecule has 1 saturated heterocycles. The maximum absolute atomic E-state index is 16.1. The van der Waals surface area contributed by atoms with E-state index in [-0.39, 0.29) is 47.6 Å². The zero-order valence-electron chi connectivity index (χ0n) is 27.0. The fraction of sp³-hybridized carbons (Fsp3) is 0.552. The Labute approximate surface area is 270 Å². The summed E-state index contributed by atoms with van der Waals surface area (Å²) in [5.41, 5.74) is 9.89. The maximum atomic E-state index is 16.1. The van der Waals surface area contributed by atoms with Crippen LogP contribution in [0.1, 0.15) is 59.8 Å². The lowest BCUT2D eigenvalue weighted by atomic mass is 9.98. The van der Waals surface area contributed by atoms with Crippen LogP contribution < -0.4 is 21.1 Å². The SMILES string of the molecule is CC(C)OC(=O)CCc1ccccc1OP(=O)(N[C@@H](C)C(=O)OC(C)C)OC[C@H]1O[C@@H](n2cnc3c(N)nc(N)nc32)[C@@](C)(F)[C@H]1O. The summed E-state index contributed by atoms with van der Waals surface area (Å²) in [4.78, 5) is 36.9. The largest absolute Gasteiger partial charge is 0.463 e.